The first-order valence-corrected chi connectivity index (χ1v) is 8.91. The Balaban J connectivity index is 1.70. The van der Waals surface area contributed by atoms with E-state index >= 15 is 0 Å². The predicted octanol–water partition coefficient (Wildman–Crippen LogP) is 3.11. The molecule has 0 radical (unpaired) electrons. The fraction of sp³-hybridized carbons (Fsp3) is 0.381. The van der Waals surface area contributed by atoms with Crippen molar-refractivity contribution in [2.24, 2.45) is 0 Å². The summed E-state index contributed by atoms with van der Waals surface area (Å²) in [5, 5.41) is 0. The van der Waals surface area contributed by atoms with Gasteiger partial charge in [0.15, 0.2) is 0 Å². The number of rotatable bonds is 7. The van der Waals surface area contributed by atoms with Gasteiger partial charge in [0.1, 0.15) is 0 Å². The maximum atomic E-state index is 13.0. The molecular formula is C21H26N2O2. The van der Waals surface area contributed by atoms with Crippen LogP contribution in [0.15, 0.2) is 54.6 Å². The van der Waals surface area contributed by atoms with E-state index in [0.717, 1.165) is 38.2 Å². The minimum atomic E-state index is 0.166. The van der Waals surface area contributed by atoms with Crippen LogP contribution >= 0.6 is 0 Å². The number of carbonyl (C=O) groups excluding carboxylic acids is 1. The fourth-order valence-corrected chi connectivity index (χ4v) is 3.35. The first-order chi connectivity index (χ1) is 12.3. The molecule has 1 heterocycles. The molecule has 1 aliphatic heterocycles. The average molecular weight is 338 g/mol. The third kappa shape index (κ3) is 4.68. The number of benzene rings is 2. The Labute approximate surface area is 150 Å². The Kier molecular flexibility index (Phi) is 6.20. The van der Waals surface area contributed by atoms with Crippen LogP contribution in [-0.4, -0.2) is 44.2 Å². The Morgan fingerprint density at radius 1 is 1.12 bits per heavy atom. The smallest absolute Gasteiger partial charge is 0.241 e. The van der Waals surface area contributed by atoms with Gasteiger partial charge in [0.05, 0.1) is 13.2 Å². The highest BCUT2D eigenvalue weighted by atomic mass is 16.5. The van der Waals surface area contributed by atoms with Gasteiger partial charge in [-0.05, 0) is 30.0 Å². The summed E-state index contributed by atoms with van der Waals surface area (Å²) in [6.45, 7) is 3.33. The number of fused-ring (bicyclic) bond motifs is 1. The zero-order valence-electron chi connectivity index (χ0n) is 14.9. The molecule has 132 valence electrons. The van der Waals surface area contributed by atoms with Gasteiger partial charge in [0.2, 0.25) is 5.91 Å². The number of methoxy groups -OCH3 is 1. The quantitative estimate of drug-likeness (QED) is 0.778. The van der Waals surface area contributed by atoms with Crippen molar-refractivity contribution in [3.63, 3.8) is 0 Å². The molecule has 1 aliphatic rings. The number of amides is 1. The first kappa shape index (κ1) is 17.6. The number of hydrogen-bond acceptors (Lipinski definition) is 3. The van der Waals surface area contributed by atoms with Gasteiger partial charge in [0.25, 0.3) is 0 Å². The number of hydrogen-bond donors (Lipinski definition) is 0. The van der Waals surface area contributed by atoms with Crippen molar-refractivity contribution in [3.8, 4) is 0 Å². The average Bonchev–Trinajstić information content (AvgIpc) is 2.66. The topological polar surface area (TPSA) is 32.8 Å². The molecule has 2 aromatic carbocycles. The maximum Gasteiger partial charge on any atom is 0.241 e. The number of para-hydroxylation sites is 1. The Morgan fingerprint density at radius 2 is 1.88 bits per heavy atom. The molecule has 0 spiro atoms. The lowest BCUT2D eigenvalue weighted by atomic mass is 10.0. The minimum Gasteiger partial charge on any atom is -0.383 e. The molecule has 0 bridgehead atoms. The number of anilines is 1. The van der Waals surface area contributed by atoms with E-state index in [1.54, 1.807) is 7.11 Å². The summed E-state index contributed by atoms with van der Waals surface area (Å²) < 4.78 is 5.23. The summed E-state index contributed by atoms with van der Waals surface area (Å²) in [4.78, 5) is 17.1. The van der Waals surface area contributed by atoms with E-state index in [1.807, 2.05) is 35.2 Å². The van der Waals surface area contributed by atoms with Gasteiger partial charge in [0, 0.05) is 32.4 Å². The zero-order chi connectivity index (χ0) is 17.5. The Hall–Kier alpha value is -2.17. The zero-order valence-corrected chi connectivity index (χ0v) is 14.9. The molecule has 0 fully saturated rings. The molecule has 25 heavy (non-hydrogen) atoms. The lowest BCUT2D eigenvalue weighted by Gasteiger charge is -2.31. The van der Waals surface area contributed by atoms with Crippen molar-refractivity contribution in [2.45, 2.75) is 19.4 Å². The number of nitrogens with zero attached hydrogens (tertiary/aromatic N) is 2. The van der Waals surface area contributed by atoms with Crippen LogP contribution in [0.1, 0.15) is 17.5 Å². The van der Waals surface area contributed by atoms with E-state index in [9.17, 15) is 4.79 Å². The highest BCUT2D eigenvalue weighted by Crippen LogP contribution is 2.26. The molecule has 0 N–H and O–H groups in total. The molecule has 0 saturated heterocycles. The normalized spacial score (nSPS) is 13.8. The van der Waals surface area contributed by atoms with Crippen LogP contribution in [0.3, 0.4) is 0 Å². The van der Waals surface area contributed by atoms with E-state index in [4.69, 9.17) is 4.74 Å². The van der Waals surface area contributed by atoms with Crippen molar-refractivity contribution in [1.82, 2.24) is 4.90 Å². The summed E-state index contributed by atoms with van der Waals surface area (Å²) in [5.41, 5.74) is 3.56. The van der Waals surface area contributed by atoms with Crippen molar-refractivity contribution in [3.05, 3.63) is 65.7 Å². The monoisotopic (exact) mass is 338 g/mol. The summed E-state index contributed by atoms with van der Waals surface area (Å²) in [7, 11) is 1.70. The minimum absolute atomic E-state index is 0.166. The molecule has 0 unspecified atom stereocenters. The standard InChI is InChI=1S/C21H26N2O2/c1-25-15-14-22(16-18-8-3-2-4-9-18)17-21(24)23-13-7-11-19-10-5-6-12-20(19)23/h2-6,8-10,12H,7,11,13-17H2,1H3. The number of ether oxygens (including phenoxy) is 1. The van der Waals surface area contributed by atoms with Gasteiger partial charge in [-0.1, -0.05) is 48.5 Å². The van der Waals surface area contributed by atoms with Crippen LogP contribution in [0, 0.1) is 0 Å². The lowest BCUT2D eigenvalue weighted by molar-refractivity contribution is -0.120. The van der Waals surface area contributed by atoms with Crippen molar-refractivity contribution < 1.29 is 9.53 Å². The van der Waals surface area contributed by atoms with Crippen LogP contribution in [0.5, 0.6) is 0 Å². The van der Waals surface area contributed by atoms with Gasteiger partial charge in [-0.3, -0.25) is 9.69 Å². The predicted molar refractivity (Wildman–Crippen MR) is 101 cm³/mol. The molecule has 1 amide bonds. The van der Waals surface area contributed by atoms with Crippen LogP contribution in [-0.2, 0) is 22.5 Å². The molecule has 4 nitrogen and oxygen atoms in total. The SMILES string of the molecule is COCCN(CC(=O)N1CCCc2ccccc21)Cc1ccccc1. The molecule has 3 rings (SSSR count). The van der Waals surface area contributed by atoms with Crippen LogP contribution in [0.2, 0.25) is 0 Å². The van der Waals surface area contributed by atoms with E-state index in [0.29, 0.717) is 13.2 Å². The maximum absolute atomic E-state index is 13.0. The summed E-state index contributed by atoms with van der Waals surface area (Å²) in [6.07, 6.45) is 2.08. The van der Waals surface area contributed by atoms with E-state index in [1.165, 1.54) is 11.1 Å². The number of aryl methyl sites for hydroxylation is 1. The van der Waals surface area contributed by atoms with Crippen molar-refractivity contribution in [2.75, 3.05) is 38.3 Å². The highest BCUT2D eigenvalue weighted by molar-refractivity contribution is 5.95. The molecule has 0 saturated carbocycles. The van der Waals surface area contributed by atoms with Gasteiger partial charge in [-0.2, -0.15) is 0 Å². The van der Waals surface area contributed by atoms with E-state index in [2.05, 4.69) is 29.2 Å². The number of carbonyl (C=O) groups is 1. The Morgan fingerprint density at radius 3 is 2.68 bits per heavy atom. The van der Waals surface area contributed by atoms with Crippen molar-refractivity contribution in [1.29, 1.82) is 0 Å². The molecule has 0 aliphatic carbocycles. The summed E-state index contributed by atoms with van der Waals surface area (Å²) >= 11 is 0. The highest BCUT2D eigenvalue weighted by Gasteiger charge is 2.23. The summed E-state index contributed by atoms with van der Waals surface area (Å²) in [6, 6.07) is 18.5. The second-order valence-corrected chi connectivity index (χ2v) is 6.47. The third-order valence-electron chi connectivity index (χ3n) is 4.63. The van der Waals surface area contributed by atoms with Gasteiger partial charge >= 0.3 is 0 Å². The van der Waals surface area contributed by atoms with Crippen LogP contribution < -0.4 is 4.90 Å². The molecular weight excluding hydrogens is 312 g/mol. The molecule has 0 aromatic heterocycles. The molecule has 2 aromatic rings. The second-order valence-electron chi connectivity index (χ2n) is 6.47. The summed E-state index contributed by atoms with van der Waals surface area (Å²) in [5.74, 6) is 0.166. The van der Waals surface area contributed by atoms with Gasteiger partial charge in [-0.25, -0.2) is 0 Å². The largest absolute Gasteiger partial charge is 0.383 e. The molecule has 4 heteroatoms. The van der Waals surface area contributed by atoms with Crippen molar-refractivity contribution >= 4 is 11.6 Å². The van der Waals surface area contributed by atoms with E-state index < -0.39 is 0 Å². The van der Waals surface area contributed by atoms with Gasteiger partial charge in [-0.15, -0.1) is 0 Å². The van der Waals surface area contributed by atoms with Crippen LogP contribution in [0.4, 0.5) is 5.69 Å². The molecule has 0 atom stereocenters. The third-order valence-corrected chi connectivity index (χ3v) is 4.63. The first-order valence-electron chi connectivity index (χ1n) is 8.91. The van der Waals surface area contributed by atoms with E-state index in [-0.39, 0.29) is 5.91 Å². The Bertz CT molecular complexity index is 687. The van der Waals surface area contributed by atoms with Gasteiger partial charge < -0.3 is 9.64 Å². The van der Waals surface area contributed by atoms with Crippen LogP contribution in [0.25, 0.3) is 0 Å². The fourth-order valence-electron chi connectivity index (χ4n) is 3.35. The lowest BCUT2D eigenvalue weighted by Crippen LogP contribution is -2.43. The second kappa shape index (κ2) is 8.79.